The summed E-state index contributed by atoms with van der Waals surface area (Å²) < 4.78 is 5.07. The zero-order chi connectivity index (χ0) is 18.1. The van der Waals surface area contributed by atoms with Gasteiger partial charge in [-0.05, 0) is 38.1 Å². The molecule has 0 aliphatic carbocycles. The Labute approximate surface area is 147 Å². The second kappa shape index (κ2) is 9.31. The summed E-state index contributed by atoms with van der Waals surface area (Å²) in [5.41, 5.74) is 1.57. The van der Waals surface area contributed by atoms with Gasteiger partial charge in [0.25, 0.3) is 0 Å². The van der Waals surface area contributed by atoms with Gasteiger partial charge in [0.1, 0.15) is 11.6 Å². The minimum atomic E-state index is -0.273. The van der Waals surface area contributed by atoms with Crippen molar-refractivity contribution in [3.63, 3.8) is 0 Å². The van der Waals surface area contributed by atoms with Gasteiger partial charge in [0.15, 0.2) is 0 Å². The first-order chi connectivity index (χ1) is 12.1. The lowest BCUT2D eigenvalue weighted by Gasteiger charge is -2.10. The average molecular weight is 344 g/mol. The van der Waals surface area contributed by atoms with E-state index >= 15 is 0 Å². The van der Waals surface area contributed by atoms with Crippen LogP contribution in [0.25, 0.3) is 0 Å². The second-order valence-corrected chi connectivity index (χ2v) is 5.28. The van der Waals surface area contributed by atoms with Crippen molar-refractivity contribution < 1.29 is 9.53 Å². The predicted octanol–water partition coefficient (Wildman–Crippen LogP) is 2.46. The van der Waals surface area contributed by atoms with Crippen LogP contribution in [0.3, 0.4) is 0 Å². The number of urea groups is 1. The first-order valence-electron chi connectivity index (χ1n) is 8.13. The molecule has 8 heteroatoms. The Bertz CT molecular complexity index is 690. The number of hydrogen-bond donors (Lipinski definition) is 4. The molecule has 2 rings (SSSR count). The van der Waals surface area contributed by atoms with Gasteiger partial charge in [-0.15, -0.1) is 0 Å². The molecule has 8 nitrogen and oxygen atoms in total. The number of benzene rings is 1. The van der Waals surface area contributed by atoms with Crippen molar-refractivity contribution >= 4 is 23.5 Å². The van der Waals surface area contributed by atoms with E-state index in [9.17, 15) is 4.79 Å². The number of aromatic nitrogens is 2. The van der Waals surface area contributed by atoms with E-state index in [2.05, 4.69) is 31.2 Å². The van der Waals surface area contributed by atoms with Gasteiger partial charge in [-0.3, -0.25) is 0 Å². The molecule has 0 bridgehead atoms. The number of anilines is 3. The summed E-state index contributed by atoms with van der Waals surface area (Å²) in [5.74, 6) is 2.06. The molecule has 2 amide bonds. The number of aryl methyl sites for hydroxylation is 1. The molecular formula is C17H24N6O2. The van der Waals surface area contributed by atoms with Crippen molar-refractivity contribution in [3.8, 4) is 5.75 Å². The Hall–Kier alpha value is -3.03. The average Bonchev–Trinajstić information content (AvgIpc) is 2.59. The number of nitrogens with zero attached hydrogens (tertiary/aromatic N) is 2. The highest BCUT2D eigenvalue weighted by Gasteiger charge is 2.03. The standard InChI is InChI=1S/C17H24N6O2/c1-4-18-15-11-12(2)21-16(23-15)19-9-10-20-17(24)22-13-5-7-14(25-3)8-6-13/h5-8,11H,4,9-10H2,1-3H3,(H2,20,22,24)(H2,18,19,21,23). The van der Waals surface area contributed by atoms with Crippen molar-refractivity contribution in [2.24, 2.45) is 0 Å². The normalized spacial score (nSPS) is 10.0. The van der Waals surface area contributed by atoms with E-state index in [4.69, 9.17) is 4.74 Å². The predicted molar refractivity (Wildman–Crippen MR) is 99.4 cm³/mol. The van der Waals surface area contributed by atoms with E-state index in [1.54, 1.807) is 31.4 Å². The van der Waals surface area contributed by atoms with Crippen LogP contribution < -0.4 is 26.0 Å². The number of carbonyl (C=O) groups excluding carboxylic acids is 1. The largest absolute Gasteiger partial charge is 0.497 e. The number of amides is 2. The molecule has 0 unspecified atom stereocenters. The number of ether oxygens (including phenoxy) is 1. The number of hydrogen-bond acceptors (Lipinski definition) is 6. The summed E-state index contributed by atoms with van der Waals surface area (Å²) in [6, 6.07) is 8.74. The molecule has 0 saturated carbocycles. The molecule has 2 aromatic rings. The van der Waals surface area contributed by atoms with Crippen molar-refractivity contribution in [3.05, 3.63) is 36.0 Å². The van der Waals surface area contributed by atoms with Crippen LogP contribution in [-0.2, 0) is 0 Å². The minimum absolute atomic E-state index is 0.273. The van der Waals surface area contributed by atoms with Crippen molar-refractivity contribution in [2.75, 3.05) is 42.7 Å². The van der Waals surface area contributed by atoms with Gasteiger partial charge in [-0.25, -0.2) is 9.78 Å². The van der Waals surface area contributed by atoms with E-state index < -0.39 is 0 Å². The highest BCUT2D eigenvalue weighted by Crippen LogP contribution is 2.14. The molecular weight excluding hydrogens is 320 g/mol. The van der Waals surface area contributed by atoms with Gasteiger partial charge in [-0.1, -0.05) is 0 Å². The Morgan fingerprint density at radius 3 is 2.56 bits per heavy atom. The molecule has 1 aromatic carbocycles. The van der Waals surface area contributed by atoms with E-state index in [1.165, 1.54) is 0 Å². The summed E-state index contributed by atoms with van der Waals surface area (Å²) in [6.45, 7) is 5.67. The first-order valence-corrected chi connectivity index (χ1v) is 8.13. The van der Waals surface area contributed by atoms with Gasteiger partial charge in [0, 0.05) is 37.1 Å². The molecule has 0 radical (unpaired) electrons. The number of methoxy groups -OCH3 is 1. The SMILES string of the molecule is CCNc1cc(C)nc(NCCNC(=O)Nc2ccc(OC)cc2)n1. The molecule has 4 N–H and O–H groups in total. The van der Waals surface area contributed by atoms with Gasteiger partial charge in [0.05, 0.1) is 7.11 Å². The molecule has 1 aromatic heterocycles. The molecule has 0 spiro atoms. The molecule has 0 aliphatic rings. The molecule has 0 atom stereocenters. The quantitative estimate of drug-likeness (QED) is 0.549. The van der Waals surface area contributed by atoms with E-state index in [0.29, 0.717) is 24.7 Å². The number of rotatable bonds is 8. The summed E-state index contributed by atoms with van der Waals surface area (Å²) in [7, 11) is 1.60. The fourth-order valence-electron chi connectivity index (χ4n) is 2.12. The number of carbonyl (C=O) groups is 1. The third-order valence-corrected chi connectivity index (χ3v) is 3.25. The maximum atomic E-state index is 11.8. The van der Waals surface area contributed by atoms with E-state index in [1.807, 2.05) is 19.9 Å². The van der Waals surface area contributed by atoms with Crippen LogP contribution in [0, 0.1) is 6.92 Å². The van der Waals surface area contributed by atoms with Crippen molar-refractivity contribution in [1.29, 1.82) is 0 Å². The summed E-state index contributed by atoms with van der Waals surface area (Å²) in [6.07, 6.45) is 0. The van der Waals surface area contributed by atoms with Crippen LogP contribution in [0.2, 0.25) is 0 Å². The van der Waals surface area contributed by atoms with Crippen LogP contribution >= 0.6 is 0 Å². The van der Waals surface area contributed by atoms with Crippen LogP contribution in [-0.4, -0.2) is 42.7 Å². The van der Waals surface area contributed by atoms with Gasteiger partial charge in [0.2, 0.25) is 5.95 Å². The Morgan fingerprint density at radius 2 is 1.88 bits per heavy atom. The highest BCUT2D eigenvalue weighted by atomic mass is 16.5. The maximum absolute atomic E-state index is 11.8. The fourth-order valence-corrected chi connectivity index (χ4v) is 2.12. The Balaban J connectivity index is 1.74. The van der Waals surface area contributed by atoms with Gasteiger partial charge in [-0.2, -0.15) is 4.98 Å². The minimum Gasteiger partial charge on any atom is -0.497 e. The zero-order valence-corrected chi connectivity index (χ0v) is 14.7. The van der Waals surface area contributed by atoms with Gasteiger partial charge < -0.3 is 26.0 Å². The van der Waals surface area contributed by atoms with Crippen molar-refractivity contribution in [1.82, 2.24) is 15.3 Å². The smallest absolute Gasteiger partial charge is 0.319 e. The molecule has 0 fully saturated rings. The first kappa shape index (κ1) is 18.3. The topological polar surface area (TPSA) is 100 Å². The third kappa shape index (κ3) is 6.17. The lowest BCUT2D eigenvalue weighted by Crippen LogP contribution is -2.32. The molecule has 134 valence electrons. The second-order valence-electron chi connectivity index (χ2n) is 5.28. The highest BCUT2D eigenvalue weighted by molar-refractivity contribution is 5.89. The van der Waals surface area contributed by atoms with Crippen molar-refractivity contribution in [2.45, 2.75) is 13.8 Å². The van der Waals surface area contributed by atoms with Crippen LogP contribution in [0.4, 0.5) is 22.2 Å². The molecule has 1 heterocycles. The molecule has 0 saturated heterocycles. The fraction of sp³-hybridized carbons (Fsp3) is 0.353. The maximum Gasteiger partial charge on any atom is 0.319 e. The summed E-state index contributed by atoms with van der Waals surface area (Å²) >= 11 is 0. The van der Waals surface area contributed by atoms with E-state index in [-0.39, 0.29) is 6.03 Å². The molecule has 0 aliphatic heterocycles. The van der Waals surface area contributed by atoms with Crippen LogP contribution in [0.15, 0.2) is 30.3 Å². The lowest BCUT2D eigenvalue weighted by atomic mass is 10.3. The molecule has 25 heavy (non-hydrogen) atoms. The summed E-state index contributed by atoms with van der Waals surface area (Å²) in [4.78, 5) is 20.5. The lowest BCUT2D eigenvalue weighted by molar-refractivity contribution is 0.252. The monoisotopic (exact) mass is 344 g/mol. The summed E-state index contributed by atoms with van der Waals surface area (Å²) in [5, 5.41) is 11.8. The van der Waals surface area contributed by atoms with Gasteiger partial charge >= 0.3 is 6.03 Å². The Morgan fingerprint density at radius 1 is 1.12 bits per heavy atom. The Kier molecular flexibility index (Phi) is 6.82. The number of nitrogens with one attached hydrogen (secondary N) is 4. The van der Waals surface area contributed by atoms with E-state index in [0.717, 1.165) is 23.8 Å². The van der Waals surface area contributed by atoms with Crippen LogP contribution in [0.1, 0.15) is 12.6 Å². The third-order valence-electron chi connectivity index (χ3n) is 3.25. The van der Waals surface area contributed by atoms with Crippen LogP contribution in [0.5, 0.6) is 5.75 Å². The zero-order valence-electron chi connectivity index (χ0n) is 14.7.